The molecule has 0 spiro atoms. The van der Waals surface area contributed by atoms with Crippen LogP contribution in [0.5, 0.6) is 0 Å². The second-order valence-corrected chi connectivity index (χ2v) is 6.70. The molecule has 1 atom stereocenters. The Bertz CT molecular complexity index is 584. The first kappa shape index (κ1) is 16.1. The van der Waals surface area contributed by atoms with Crippen molar-refractivity contribution < 1.29 is 9.59 Å². The minimum atomic E-state index is -0.302. The van der Waals surface area contributed by atoms with Gasteiger partial charge in [0, 0.05) is 38.3 Å². The standard InChI is InChI=1S/C16H21ClN4O2/c17-13-1-2-14(19-9-13)20-6-3-11(4-7-20)16(23)21-8-5-12(10-21)15(18)22/h1-2,9,11-12H,3-8,10H2,(H2,18,22). The average Bonchev–Trinajstić information content (AvgIpc) is 3.05. The molecular formula is C16H21ClN4O2. The first-order valence-corrected chi connectivity index (χ1v) is 8.37. The lowest BCUT2D eigenvalue weighted by Gasteiger charge is -2.33. The highest BCUT2D eigenvalue weighted by atomic mass is 35.5. The average molecular weight is 337 g/mol. The zero-order valence-electron chi connectivity index (χ0n) is 12.9. The van der Waals surface area contributed by atoms with E-state index in [1.807, 2.05) is 12.1 Å². The fourth-order valence-corrected chi connectivity index (χ4v) is 3.47. The second-order valence-electron chi connectivity index (χ2n) is 6.27. The van der Waals surface area contributed by atoms with Crippen molar-refractivity contribution in [3.05, 3.63) is 23.4 Å². The Hall–Kier alpha value is -1.82. The molecule has 6 nitrogen and oxygen atoms in total. The summed E-state index contributed by atoms with van der Waals surface area (Å²) in [5.74, 6) is 0.610. The molecule has 3 heterocycles. The maximum Gasteiger partial charge on any atom is 0.225 e. The van der Waals surface area contributed by atoms with Crippen molar-refractivity contribution in [2.75, 3.05) is 31.1 Å². The molecule has 0 radical (unpaired) electrons. The molecule has 2 saturated heterocycles. The van der Waals surface area contributed by atoms with E-state index in [4.69, 9.17) is 17.3 Å². The molecule has 2 fully saturated rings. The van der Waals surface area contributed by atoms with Gasteiger partial charge in [-0.15, -0.1) is 0 Å². The number of amides is 2. The quantitative estimate of drug-likeness (QED) is 0.902. The second kappa shape index (κ2) is 6.74. The summed E-state index contributed by atoms with van der Waals surface area (Å²) in [6, 6.07) is 3.73. The zero-order valence-corrected chi connectivity index (χ0v) is 13.7. The van der Waals surface area contributed by atoms with E-state index >= 15 is 0 Å². The van der Waals surface area contributed by atoms with Gasteiger partial charge in [0.1, 0.15) is 5.82 Å². The number of primary amides is 1. The molecule has 0 saturated carbocycles. The van der Waals surface area contributed by atoms with Crippen molar-refractivity contribution >= 4 is 29.2 Å². The maximum atomic E-state index is 12.6. The number of piperidine rings is 1. The van der Waals surface area contributed by atoms with E-state index in [0.717, 1.165) is 31.7 Å². The number of anilines is 1. The van der Waals surface area contributed by atoms with Crippen LogP contribution in [0.15, 0.2) is 18.3 Å². The third-order valence-corrected chi connectivity index (χ3v) is 5.01. The number of pyridine rings is 1. The Morgan fingerprint density at radius 3 is 2.39 bits per heavy atom. The van der Waals surface area contributed by atoms with Gasteiger partial charge in [-0.2, -0.15) is 0 Å². The Kier molecular flexibility index (Phi) is 4.71. The molecule has 0 aromatic carbocycles. The predicted octanol–water partition coefficient (Wildman–Crippen LogP) is 1.29. The van der Waals surface area contributed by atoms with Gasteiger partial charge in [0.2, 0.25) is 11.8 Å². The summed E-state index contributed by atoms with van der Waals surface area (Å²) < 4.78 is 0. The Labute approximate surface area is 140 Å². The summed E-state index contributed by atoms with van der Waals surface area (Å²) in [5, 5.41) is 0.622. The highest BCUT2D eigenvalue weighted by Gasteiger charge is 2.34. The Balaban J connectivity index is 1.53. The number of carbonyl (C=O) groups excluding carboxylic acids is 2. The molecule has 2 aliphatic rings. The van der Waals surface area contributed by atoms with Crippen LogP contribution in [0.1, 0.15) is 19.3 Å². The molecule has 7 heteroatoms. The van der Waals surface area contributed by atoms with Crippen molar-refractivity contribution in [3.63, 3.8) is 0 Å². The van der Waals surface area contributed by atoms with Crippen LogP contribution < -0.4 is 10.6 Å². The van der Waals surface area contributed by atoms with Gasteiger partial charge in [-0.3, -0.25) is 9.59 Å². The number of hydrogen-bond acceptors (Lipinski definition) is 4. The topological polar surface area (TPSA) is 79.5 Å². The van der Waals surface area contributed by atoms with Crippen molar-refractivity contribution in [2.24, 2.45) is 17.6 Å². The molecule has 3 rings (SSSR count). The van der Waals surface area contributed by atoms with Crippen LogP contribution in [-0.2, 0) is 9.59 Å². The number of aromatic nitrogens is 1. The molecule has 0 aliphatic carbocycles. The first-order valence-electron chi connectivity index (χ1n) is 7.99. The number of carbonyl (C=O) groups is 2. The maximum absolute atomic E-state index is 12.6. The van der Waals surface area contributed by atoms with E-state index in [9.17, 15) is 9.59 Å². The third kappa shape index (κ3) is 3.58. The van der Waals surface area contributed by atoms with Gasteiger partial charge in [-0.25, -0.2) is 4.98 Å². The van der Waals surface area contributed by atoms with Crippen LogP contribution in [0.4, 0.5) is 5.82 Å². The number of nitrogens with two attached hydrogens (primary N) is 1. The van der Waals surface area contributed by atoms with E-state index in [1.165, 1.54) is 0 Å². The lowest BCUT2D eigenvalue weighted by atomic mass is 9.95. The minimum absolute atomic E-state index is 0.0326. The largest absolute Gasteiger partial charge is 0.369 e. The molecule has 2 N–H and O–H groups in total. The summed E-state index contributed by atoms with van der Waals surface area (Å²) in [4.78, 5) is 32.1. The lowest BCUT2D eigenvalue weighted by molar-refractivity contribution is -0.135. The highest BCUT2D eigenvalue weighted by Crippen LogP contribution is 2.26. The van der Waals surface area contributed by atoms with Crippen molar-refractivity contribution in [2.45, 2.75) is 19.3 Å². The monoisotopic (exact) mass is 336 g/mol. The molecule has 2 amide bonds. The van der Waals surface area contributed by atoms with Gasteiger partial charge in [0.25, 0.3) is 0 Å². The van der Waals surface area contributed by atoms with Gasteiger partial charge in [-0.1, -0.05) is 11.6 Å². The molecule has 23 heavy (non-hydrogen) atoms. The molecule has 0 bridgehead atoms. The van der Waals surface area contributed by atoms with E-state index in [0.29, 0.717) is 24.5 Å². The SMILES string of the molecule is NC(=O)C1CCN(C(=O)C2CCN(c3ccc(Cl)cn3)CC2)C1. The number of halogens is 1. The zero-order chi connectivity index (χ0) is 16.4. The molecule has 2 aliphatic heterocycles. The van der Waals surface area contributed by atoms with Crippen LogP contribution in [0, 0.1) is 11.8 Å². The molecule has 124 valence electrons. The smallest absolute Gasteiger partial charge is 0.225 e. The molecule has 1 aromatic heterocycles. The molecule has 1 unspecified atom stereocenters. The predicted molar refractivity (Wildman–Crippen MR) is 88.1 cm³/mol. The van der Waals surface area contributed by atoms with Crippen molar-refractivity contribution in [1.29, 1.82) is 0 Å². The lowest BCUT2D eigenvalue weighted by Crippen LogP contribution is -2.42. The number of nitrogens with zero attached hydrogens (tertiary/aromatic N) is 3. The van der Waals surface area contributed by atoms with Crippen LogP contribution in [0.2, 0.25) is 5.02 Å². The van der Waals surface area contributed by atoms with Gasteiger partial charge >= 0.3 is 0 Å². The Morgan fingerprint density at radius 1 is 1.13 bits per heavy atom. The van der Waals surface area contributed by atoms with Crippen LogP contribution in [0.3, 0.4) is 0 Å². The van der Waals surface area contributed by atoms with E-state index < -0.39 is 0 Å². The van der Waals surface area contributed by atoms with E-state index in [1.54, 1.807) is 11.1 Å². The van der Waals surface area contributed by atoms with Crippen LogP contribution in [0.25, 0.3) is 0 Å². The fourth-order valence-electron chi connectivity index (χ4n) is 3.36. The summed E-state index contributed by atoms with van der Waals surface area (Å²) in [7, 11) is 0. The van der Waals surface area contributed by atoms with Crippen LogP contribution >= 0.6 is 11.6 Å². The summed E-state index contributed by atoms with van der Waals surface area (Å²) in [6.45, 7) is 2.73. The van der Waals surface area contributed by atoms with Gasteiger partial charge in [0.15, 0.2) is 0 Å². The third-order valence-electron chi connectivity index (χ3n) is 4.78. The summed E-state index contributed by atoms with van der Waals surface area (Å²) in [5.41, 5.74) is 5.33. The number of likely N-dealkylation sites (tertiary alicyclic amines) is 1. The van der Waals surface area contributed by atoms with Crippen LogP contribution in [-0.4, -0.2) is 47.9 Å². The van der Waals surface area contributed by atoms with Gasteiger partial charge < -0.3 is 15.5 Å². The summed E-state index contributed by atoms with van der Waals surface area (Å²) in [6.07, 6.45) is 3.94. The van der Waals surface area contributed by atoms with Crippen molar-refractivity contribution in [3.8, 4) is 0 Å². The number of rotatable bonds is 3. The number of hydrogen-bond donors (Lipinski definition) is 1. The van der Waals surface area contributed by atoms with Gasteiger partial charge in [-0.05, 0) is 31.4 Å². The minimum Gasteiger partial charge on any atom is -0.369 e. The molecule has 1 aromatic rings. The fraction of sp³-hybridized carbons (Fsp3) is 0.562. The van der Waals surface area contributed by atoms with E-state index in [-0.39, 0.29) is 23.7 Å². The van der Waals surface area contributed by atoms with Gasteiger partial charge in [0.05, 0.1) is 10.9 Å². The first-order chi connectivity index (χ1) is 11.0. The highest BCUT2D eigenvalue weighted by molar-refractivity contribution is 6.30. The summed E-state index contributed by atoms with van der Waals surface area (Å²) >= 11 is 5.86. The molecular weight excluding hydrogens is 316 g/mol. The van der Waals surface area contributed by atoms with E-state index in [2.05, 4.69) is 9.88 Å². The van der Waals surface area contributed by atoms with Crippen molar-refractivity contribution in [1.82, 2.24) is 9.88 Å². The normalized spacial score (nSPS) is 22.4. The Morgan fingerprint density at radius 2 is 1.83 bits per heavy atom.